The summed E-state index contributed by atoms with van der Waals surface area (Å²) in [5, 5.41) is 0. The van der Waals surface area contributed by atoms with Crippen molar-refractivity contribution in [2.24, 2.45) is 5.92 Å². The minimum Gasteiger partial charge on any atom is -0.477 e. The molecule has 2 rings (SSSR count). The maximum absolute atomic E-state index is 5.74. The molecule has 70 valence electrons. The van der Waals surface area contributed by atoms with Gasteiger partial charge in [0.25, 0.3) is 0 Å². The largest absolute Gasteiger partial charge is 0.477 e. The average Bonchev–Trinajstić information content (AvgIpc) is 2.99. The zero-order valence-electron chi connectivity index (χ0n) is 7.37. The summed E-state index contributed by atoms with van der Waals surface area (Å²) in [6.07, 6.45) is 4.32. The van der Waals surface area contributed by atoms with Crippen LogP contribution in [0.15, 0.2) is 18.3 Å². The van der Waals surface area contributed by atoms with Gasteiger partial charge in [-0.3, -0.25) is 0 Å². The maximum atomic E-state index is 5.74. The summed E-state index contributed by atoms with van der Waals surface area (Å²) in [7, 11) is 0. The van der Waals surface area contributed by atoms with Crippen LogP contribution in [0.2, 0.25) is 0 Å². The molecule has 0 bridgehead atoms. The molecule has 3 heteroatoms. The molecule has 1 heterocycles. The lowest BCUT2D eigenvalue weighted by Gasteiger charge is -2.06. The first kappa shape index (κ1) is 8.82. The molecule has 0 unspecified atom stereocenters. The molecule has 0 amide bonds. The quantitative estimate of drug-likeness (QED) is 0.693. The van der Waals surface area contributed by atoms with E-state index >= 15 is 0 Å². The zero-order chi connectivity index (χ0) is 9.10. The van der Waals surface area contributed by atoms with Gasteiger partial charge in [0.2, 0.25) is 5.88 Å². The summed E-state index contributed by atoms with van der Waals surface area (Å²) in [6.45, 7) is 0.793. The molecule has 1 aliphatic carbocycles. The Morgan fingerprint density at radius 3 is 3.08 bits per heavy atom. The molecule has 0 atom stereocenters. The Balaban J connectivity index is 1.99. The topological polar surface area (TPSA) is 22.1 Å². The minimum atomic E-state index is 0.466. The lowest BCUT2D eigenvalue weighted by molar-refractivity contribution is 0.286. The van der Waals surface area contributed by atoms with Crippen molar-refractivity contribution in [3.8, 4) is 5.88 Å². The molecule has 1 saturated carbocycles. The highest BCUT2D eigenvalue weighted by molar-refractivity contribution is 6.17. The molecule has 0 aliphatic heterocycles. The summed E-state index contributed by atoms with van der Waals surface area (Å²) < 4.78 is 5.56. The molecule has 0 saturated heterocycles. The van der Waals surface area contributed by atoms with Crippen molar-refractivity contribution in [3.05, 3.63) is 23.9 Å². The number of halogens is 1. The number of hydrogen-bond acceptors (Lipinski definition) is 2. The van der Waals surface area contributed by atoms with Gasteiger partial charge in [-0.15, -0.1) is 11.6 Å². The SMILES string of the molecule is ClCc1cccnc1OCC1CC1. The maximum Gasteiger partial charge on any atom is 0.217 e. The van der Waals surface area contributed by atoms with E-state index in [1.165, 1.54) is 12.8 Å². The number of nitrogens with zero attached hydrogens (tertiary/aromatic N) is 1. The highest BCUT2D eigenvalue weighted by atomic mass is 35.5. The molecular formula is C10H12ClNO. The third-order valence-electron chi connectivity index (χ3n) is 2.15. The molecule has 1 aromatic rings. The van der Waals surface area contributed by atoms with E-state index in [-0.39, 0.29) is 0 Å². The van der Waals surface area contributed by atoms with E-state index in [0.29, 0.717) is 11.8 Å². The summed E-state index contributed by atoms with van der Waals surface area (Å²) in [5.41, 5.74) is 0.977. The zero-order valence-corrected chi connectivity index (χ0v) is 8.13. The van der Waals surface area contributed by atoms with Crippen LogP contribution in [-0.2, 0) is 5.88 Å². The molecule has 1 fully saturated rings. The van der Waals surface area contributed by atoms with Gasteiger partial charge in [-0.25, -0.2) is 4.98 Å². The number of aromatic nitrogens is 1. The van der Waals surface area contributed by atoms with Crippen LogP contribution in [0.25, 0.3) is 0 Å². The monoisotopic (exact) mass is 197 g/mol. The van der Waals surface area contributed by atoms with Crippen LogP contribution in [0.1, 0.15) is 18.4 Å². The first-order valence-corrected chi connectivity index (χ1v) is 5.06. The summed E-state index contributed by atoms with van der Waals surface area (Å²) >= 11 is 5.74. The second-order valence-electron chi connectivity index (χ2n) is 3.36. The molecule has 0 spiro atoms. The van der Waals surface area contributed by atoms with Gasteiger partial charge in [-0.05, 0) is 24.8 Å². The molecule has 0 aromatic carbocycles. The van der Waals surface area contributed by atoms with Gasteiger partial charge in [-0.2, -0.15) is 0 Å². The van der Waals surface area contributed by atoms with Gasteiger partial charge in [0, 0.05) is 11.8 Å². The number of rotatable bonds is 4. The van der Waals surface area contributed by atoms with E-state index in [1.807, 2.05) is 12.1 Å². The number of pyridine rings is 1. The molecule has 0 radical (unpaired) electrons. The predicted molar refractivity (Wildman–Crippen MR) is 52.0 cm³/mol. The lowest BCUT2D eigenvalue weighted by Crippen LogP contribution is -2.02. The van der Waals surface area contributed by atoms with Crippen molar-refractivity contribution in [2.45, 2.75) is 18.7 Å². The van der Waals surface area contributed by atoms with E-state index in [2.05, 4.69) is 4.98 Å². The van der Waals surface area contributed by atoms with Crippen LogP contribution >= 0.6 is 11.6 Å². The highest BCUT2D eigenvalue weighted by Crippen LogP contribution is 2.29. The molecule has 1 aliphatic rings. The molecular weight excluding hydrogens is 186 g/mol. The van der Waals surface area contributed by atoms with Gasteiger partial charge < -0.3 is 4.74 Å². The highest BCUT2D eigenvalue weighted by Gasteiger charge is 2.22. The van der Waals surface area contributed by atoms with E-state index in [4.69, 9.17) is 16.3 Å². The van der Waals surface area contributed by atoms with Crippen molar-refractivity contribution < 1.29 is 4.74 Å². The lowest BCUT2D eigenvalue weighted by atomic mass is 10.3. The standard InChI is InChI=1S/C10H12ClNO/c11-6-9-2-1-5-12-10(9)13-7-8-3-4-8/h1-2,5,8H,3-4,6-7H2. The first-order valence-electron chi connectivity index (χ1n) is 4.53. The Kier molecular flexibility index (Phi) is 2.69. The van der Waals surface area contributed by atoms with Crippen LogP contribution in [-0.4, -0.2) is 11.6 Å². The fourth-order valence-electron chi connectivity index (χ4n) is 1.14. The van der Waals surface area contributed by atoms with Gasteiger partial charge in [0.15, 0.2) is 0 Å². The van der Waals surface area contributed by atoms with Crippen LogP contribution in [0.4, 0.5) is 0 Å². The van der Waals surface area contributed by atoms with Crippen molar-refractivity contribution >= 4 is 11.6 Å². The Hall–Kier alpha value is -0.760. The third kappa shape index (κ3) is 2.34. The van der Waals surface area contributed by atoms with Crippen molar-refractivity contribution in [1.82, 2.24) is 4.98 Å². The molecule has 1 aromatic heterocycles. The average molecular weight is 198 g/mol. The Bertz CT molecular complexity index is 286. The van der Waals surface area contributed by atoms with E-state index in [9.17, 15) is 0 Å². The van der Waals surface area contributed by atoms with Crippen LogP contribution in [0.3, 0.4) is 0 Å². The van der Waals surface area contributed by atoms with Crippen molar-refractivity contribution in [3.63, 3.8) is 0 Å². The fourth-order valence-corrected chi connectivity index (χ4v) is 1.34. The predicted octanol–water partition coefficient (Wildman–Crippen LogP) is 2.61. The van der Waals surface area contributed by atoms with Gasteiger partial charge >= 0.3 is 0 Å². The minimum absolute atomic E-state index is 0.466. The van der Waals surface area contributed by atoms with Crippen LogP contribution in [0.5, 0.6) is 5.88 Å². The Morgan fingerprint density at radius 2 is 2.38 bits per heavy atom. The van der Waals surface area contributed by atoms with E-state index in [0.717, 1.165) is 18.1 Å². The van der Waals surface area contributed by atoms with Crippen LogP contribution in [0, 0.1) is 5.92 Å². The fraction of sp³-hybridized carbons (Fsp3) is 0.500. The van der Waals surface area contributed by atoms with E-state index < -0.39 is 0 Å². The van der Waals surface area contributed by atoms with Crippen molar-refractivity contribution in [2.75, 3.05) is 6.61 Å². The van der Waals surface area contributed by atoms with Gasteiger partial charge in [0.1, 0.15) is 0 Å². The number of hydrogen-bond donors (Lipinski definition) is 0. The normalized spacial score (nSPS) is 15.8. The van der Waals surface area contributed by atoms with Gasteiger partial charge in [0.05, 0.1) is 12.5 Å². The third-order valence-corrected chi connectivity index (χ3v) is 2.43. The second kappa shape index (κ2) is 3.97. The van der Waals surface area contributed by atoms with Crippen LogP contribution < -0.4 is 4.74 Å². The summed E-state index contributed by atoms with van der Waals surface area (Å²) in [6, 6.07) is 3.82. The molecule has 0 N–H and O–H groups in total. The van der Waals surface area contributed by atoms with Crippen molar-refractivity contribution in [1.29, 1.82) is 0 Å². The van der Waals surface area contributed by atoms with Gasteiger partial charge in [-0.1, -0.05) is 6.07 Å². The second-order valence-corrected chi connectivity index (χ2v) is 3.62. The first-order chi connectivity index (χ1) is 6.40. The molecule has 13 heavy (non-hydrogen) atoms. The smallest absolute Gasteiger partial charge is 0.217 e. The molecule has 2 nitrogen and oxygen atoms in total. The number of alkyl halides is 1. The number of ether oxygens (including phenoxy) is 1. The summed E-state index contributed by atoms with van der Waals surface area (Å²) in [4.78, 5) is 4.14. The van der Waals surface area contributed by atoms with E-state index in [1.54, 1.807) is 6.20 Å². The Labute approximate surface area is 82.9 Å². The Morgan fingerprint density at radius 1 is 1.54 bits per heavy atom. The summed E-state index contributed by atoms with van der Waals surface area (Å²) in [5.74, 6) is 1.92.